The molecule has 0 saturated heterocycles. The topological polar surface area (TPSA) is 58.3 Å². The maximum Gasteiger partial charge on any atom is 0.488 e. The van der Waals surface area contributed by atoms with Crippen LogP contribution < -0.4 is 5.46 Å². The summed E-state index contributed by atoms with van der Waals surface area (Å²) in [4.78, 5) is 0. The minimum Gasteiger partial charge on any atom is -0.423 e. The van der Waals surface area contributed by atoms with Crippen molar-refractivity contribution in [3.8, 4) is 5.69 Å². The van der Waals surface area contributed by atoms with Gasteiger partial charge in [-0.15, -0.1) is 0 Å². The Hall–Kier alpha value is -1.59. The van der Waals surface area contributed by atoms with Gasteiger partial charge in [0.1, 0.15) is 0 Å². The number of hydrogen-bond donors (Lipinski definition) is 2. The molecule has 0 atom stereocenters. The molecule has 0 aliphatic heterocycles. The molecule has 2 N–H and O–H groups in total. The highest BCUT2D eigenvalue weighted by atomic mass is 16.4. The number of nitrogens with zero attached hydrogens (tertiary/aromatic N) is 2. The lowest BCUT2D eigenvalue weighted by molar-refractivity contribution is 0.417. The molecule has 0 amide bonds. The average Bonchev–Trinajstić information content (AvgIpc) is 2.66. The van der Waals surface area contributed by atoms with E-state index in [4.69, 9.17) is 0 Å². The largest absolute Gasteiger partial charge is 0.488 e. The third-order valence-corrected chi connectivity index (χ3v) is 4.09. The van der Waals surface area contributed by atoms with E-state index >= 15 is 0 Å². The fourth-order valence-electron chi connectivity index (χ4n) is 2.80. The molecular weight excluding hydrogens is 251 g/mol. The summed E-state index contributed by atoms with van der Waals surface area (Å²) in [6, 6.07) is 7.84. The van der Waals surface area contributed by atoms with Gasteiger partial charge in [-0.05, 0) is 61.8 Å². The molecule has 1 fully saturated rings. The van der Waals surface area contributed by atoms with Crippen molar-refractivity contribution in [2.24, 2.45) is 0 Å². The first-order chi connectivity index (χ1) is 9.54. The molecule has 1 heterocycles. The zero-order valence-electron chi connectivity index (χ0n) is 11.9. The van der Waals surface area contributed by atoms with Crippen LogP contribution in [0.1, 0.15) is 42.1 Å². The van der Waals surface area contributed by atoms with Gasteiger partial charge in [-0.2, -0.15) is 5.10 Å². The third-order valence-electron chi connectivity index (χ3n) is 4.09. The SMILES string of the molecule is Cc1cc(C)n(-c2cc(B(O)O)cc(C3CCC3)c2)n1. The van der Waals surface area contributed by atoms with Crippen molar-refractivity contribution in [3.63, 3.8) is 0 Å². The van der Waals surface area contributed by atoms with Crippen molar-refractivity contribution < 1.29 is 10.0 Å². The van der Waals surface area contributed by atoms with Crippen molar-refractivity contribution in [2.75, 3.05) is 0 Å². The van der Waals surface area contributed by atoms with Crippen LogP contribution in [0.5, 0.6) is 0 Å². The highest BCUT2D eigenvalue weighted by molar-refractivity contribution is 6.58. The van der Waals surface area contributed by atoms with Crippen LogP contribution in [-0.4, -0.2) is 26.9 Å². The summed E-state index contributed by atoms with van der Waals surface area (Å²) in [5.41, 5.74) is 4.64. The molecule has 20 heavy (non-hydrogen) atoms. The fourth-order valence-corrected chi connectivity index (χ4v) is 2.80. The van der Waals surface area contributed by atoms with E-state index in [0.29, 0.717) is 11.4 Å². The zero-order chi connectivity index (χ0) is 14.3. The molecule has 2 aromatic rings. The zero-order valence-corrected chi connectivity index (χ0v) is 11.9. The first-order valence-corrected chi connectivity index (χ1v) is 7.09. The van der Waals surface area contributed by atoms with Crippen LogP contribution in [0.3, 0.4) is 0 Å². The number of aromatic nitrogens is 2. The summed E-state index contributed by atoms with van der Waals surface area (Å²) < 4.78 is 1.86. The Balaban J connectivity index is 2.09. The van der Waals surface area contributed by atoms with Gasteiger partial charge in [-0.1, -0.05) is 12.5 Å². The first-order valence-electron chi connectivity index (χ1n) is 7.09. The van der Waals surface area contributed by atoms with Crippen LogP contribution in [0, 0.1) is 13.8 Å². The van der Waals surface area contributed by atoms with E-state index < -0.39 is 7.12 Å². The minimum absolute atomic E-state index is 0.539. The number of benzene rings is 1. The molecule has 104 valence electrons. The number of rotatable bonds is 3. The van der Waals surface area contributed by atoms with Crippen molar-refractivity contribution in [1.29, 1.82) is 0 Å². The summed E-state index contributed by atoms with van der Waals surface area (Å²) in [5.74, 6) is 0.546. The molecule has 1 aromatic carbocycles. The van der Waals surface area contributed by atoms with E-state index in [-0.39, 0.29) is 0 Å². The number of hydrogen-bond acceptors (Lipinski definition) is 3. The Bertz CT molecular complexity index is 633. The molecule has 0 radical (unpaired) electrons. The predicted molar refractivity (Wildman–Crippen MR) is 79.5 cm³/mol. The molecule has 0 unspecified atom stereocenters. The smallest absolute Gasteiger partial charge is 0.423 e. The molecular formula is C15H19BN2O2. The van der Waals surface area contributed by atoms with Crippen LogP contribution in [0.2, 0.25) is 0 Å². The fraction of sp³-hybridized carbons (Fsp3) is 0.400. The molecule has 1 aliphatic carbocycles. The Morgan fingerprint density at radius 1 is 1.15 bits per heavy atom. The Morgan fingerprint density at radius 3 is 2.40 bits per heavy atom. The lowest BCUT2D eigenvalue weighted by Crippen LogP contribution is -2.31. The second kappa shape index (κ2) is 5.07. The summed E-state index contributed by atoms with van der Waals surface area (Å²) in [7, 11) is -1.44. The predicted octanol–water partition coefficient (Wildman–Crippen LogP) is 1.44. The second-order valence-electron chi connectivity index (χ2n) is 5.70. The van der Waals surface area contributed by atoms with Gasteiger partial charge in [0.2, 0.25) is 0 Å². The molecule has 0 spiro atoms. The van der Waals surface area contributed by atoms with E-state index in [9.17, 15) is 10.0 Å². The van der Waals surface area contributed by atoms with Gasteiger partial charge in [0.05, 0.1) is 11.4 Å². The summed E-state index contributed by atoms with van der Waals surface area (Å²) >= 11 is 0. The highest BCUT2D eigenvalue weighted by Crippen LogP contribution is 2.36. The summed E-state index contributed by atoms with van der Waals surface area (Å²) in [6.45, 7) is 3.96. The van der Waals surface area contributed by atoms with Crippen molar-refractivity contribution in [2.45, 2.75) is 39.0 Å². The van der Waals surface area contributed by atoms with E-state index in [1.807, 2.05) is 30.7 Å². The van der Waals surface area contributed by atoms with Crippen LogP contribution in [0.25, 0.3) is 5.69 Å². The third kappa shape index (κ3) is 2.39. The molecule has 3 rings (SSSR count). The van der Waals surface area contributed by atoms with Crippen LogP contribution in [0.4, 0.5) is 0 Å². The normalized spacial score (nSPS) is 15.2. The molecule has 1 saturated carbocycles. The maximum absolute atomic E-state index is 9.49. The first kappa shape index (κ1) is 13.4. The Labute approximate surface area is 119 Å². The second-order valence-corrected chi connectivity index (χ2v) is 5.70. The van der Waals surface area contributed by atoms with Crippen molar-refractivity contribution >= 4 is 12.6 Å². The standard InChI is InChI=1S/C15H19BN2O2/c1-10-6-11(2)18(17-10)15-8-13(12-4-3-5-12)7-14(9-15)16(19)20/h6-9,12,19-20H,3-5H2,1-2H3. The molecule has 1 aliphatic rings. The van der Waals surface area contributed by atoms with Crippen LogP contribution >= 0.6 is 0 Å². The number of aryl methyl sites for hydroxylation is 2. The van der Waals surface area contributed by atoms with E-state index in [1.54, 1.807) is 6.07 Å². The van der Waals surface area contributed by atoms with Gasteiger partial charge < -0.3 is 10.0 Å². The van der Waals surface area contributed by atoms with Crippen molar-refractivity contribution in [3.05, 3.63) is 41.2 Å². The quantitative estimate of drug-likeness (QED) is 0.830. The molecule has 1 aromatic heterocycles. The Morgan fingerprint density at radius 2 is 1.90 bits per heavy atom. The van der Waals surface area contributed by atoms with E-state index in [1.165, 1.54) is 24.8 Å². The van der Waals surface area contributed by atoms with Gasteiger partial charge >= 0.3 is 7.12 Å². The average molecular weight is 270 g/mol. The molecule has 0 bridgehead atoms. The monoisotopic (exact) mass is 270 g/mol. The van der Waals surface area contributed by atoms with Gasteiger partial charge in [0, 0.05) is 5.69 Å². The summed E-state index contributed by atoms with van der Waals surface area (Å²) in [5, 5.41) is 23.5. The lowest BCUT2D eigenvalue weighted by atomic mass is 9.74. The highest BCUT2D eigenvalue weighted by Gasteiger charge is 2.23. The van der Waals surface area contributed by atoms with Gasteiger partial charge in [0.15, 0.2) is 0 Å². The molecule has 4 nitrogen and oxygen atoms in total. The van der Waals surface area contributed by atoms with Crippen LogP contribution in [-0.2, 0) is 0 Å². The minimum atomic E-state index is -1.44. The van der Waals surface area contributed by atoms with E-state index in [0.717, 1.165) is 17.1 Å². The van der Waals surface area contributed by atoms with Gasteiger partial charge in [0.25, 0.3) is 0 Å². The summed E-state index contributed by atoms with van der Waals surface area (Å²) in [6.07, 6.45) is 3.62. The van der Waals surface area contributed by atoms with Gasteiger partial charge in [-0.25, -0.2) is 4.68 Å². The maximum atomic E-state index is 9.49. The van der Waals surface area contributed by atoms with E-state index in [2.05, 4.69) is 11.2 Å². The Kier molecular flexibility index (Phi) is 3.40. The van der Waals surface area contributed by atoms with Crippen molar-refractivity contribution in [1.82, 2.24) is 9.78 Å². The van der Waals surface area contributed by atoms with Crippen LogP contribution in [0.15, 0.2) is 24.3 Å². The van der Waals surface area contributed by atoms with Gasteiger partial charge in [-0.3, -0.25) is 0 Å². The molecule has 5 heteroatoms. The lowest BCUT2D eigenvalue weighted by Gasteiger charge is -2.27.